The zero-order valence-corrected chi connectivity index (χ0v) is 23.8. The molecule has 4 saturated heterocycles. The van der Waals surface area contributed by atoms with Crippen molar-refractivity contribution in [2.45, 2.75) is 129 Å². The predicted octanol–water partition coefficient (Wildman–Crippen LogP) is -7.07. The number of aliphatic hydroxyl groups excluding tert-OH is 5. The summed E-state index contributed by atoms with van der Waals surface area (Å²) >= 11 is 0. The Bertz CT molecular complexity index is 924. The molecule has 4 aliphatic heterocycles. The fourth-order valence-corrected chi connectivity index (χ4v) is 6.36. The summed E-state index contributed by atoms with van der Waals surface area (Å²) in [5.74, 6) is 0. The molecular weight excluding hydrogens is 576 g/mol. The number of nitrogens with two attached hydrogens (primary N) is 6. The van der Waals surface area contributed by atoms with E-state index in [-0.39, 0.29) is 19.1 Å². The van der Waals surface area contributed by atoms with E-state index >= 15 is 0 Å². The van der Waals surface area contributed by atoms with Gasteiger partial charge in [0.05, 0.1) is 49.7 Å². The lowest BCUT2D eigenvalue weighted by molar-refractivity contribution is -0.299. The van der Waals surface area contributed by atoms with Crippen LogP contribution in [-0.2, 0) is 33.2 Å². The lowest BCUT2D eigenvalue weighted by Gasteiger charge is -2.49. The highest BCUT2D eigenvalue weighted by Crippen LogP contribution is 2.35. The molecule has 0 aromatic heterocycles. The molecule has 18 heteroatoms. The normalized spacial score (nSPS) is 52.1. The lowest BCUT2D eigenvalue weighted by Crippen LogP contribution is -2.69. The van der Waals surface area contributed by atoms with E-state index in [9.17, 15) is 25.5 Å². The molecule has 0 radical (unpaired) electrons. The van der Waals surface area contributed by atoms with E-state index in [0.29, 0.717) is 26.1 Å². The summed E-state index contributed by atoms with van der Waals surface area (Å²) in [6.07, 6.45) is -13.9. The Labute approximate surface area is 248 Å². The van der Waals surface area contributed by atoms with Crippen LogP contribution >= 0.6 is 0 Å². The third kappa shape index (κ3) is 6.59. The molecule has 0 amide bonds. The van der Waals surface area contributed by atoms with Crippen LogP contribution in [0.5, 0.6) is 0 Å². The first-order valence-corrected chi connectivity index (χ1v) is 14.7. The molecule has 1 aliphatic carbocycles. The van der Waals surface area contributed by atoms with Crippen LogP contribution in [0.4, 0.5) is 0 Å². The van der Waals surface area contributed by atoms with Crippen molar-refractivity contribution in [2.24, 2.45) is 34.4 Å². The van der Waals surface area contributed by atoms with Gasteiger partial charge in [0.25, 0.3) is 0 Å². The van der Waals surface area contributed by atoms with E-state index in [1.54, 1.807) is 0 Å². The Morgan fingerprint density at radius 2 is 1.33 bits per heavy atom. The maximum absolute atomic E-state index is 11.2. The molecule has 0 spiro atoms. The molecule has 0 unspecified atom stereocenters. The maximum Gasteiger partial charge on any atom is 0.187 e. The van der Waals surface area contributed by atoms with Gasteiger partial charge in [0.2, 0.25) is 0 Å². The molecule has 5 fully saturated rings. The van der Waals surface area contributed by atoms with Crippen LogP contribution in [0.3, 0.4) is 0 Å². The largest absolute Gasteiger partial charge is 0.394 e. The zero-order valence-electron chi connectivity index (χ0n) is 23.8. The van der Waals surface area contributed by atoms with Crippen molar-refractivity contribution in [2.75, 3.05) is 26.4 Å². The minimum atomic E-state index is -1.54. The first-order valence-electron chi connectivity index (χ1n) is 14.7. The van der Waals surface area contributed by atoms with Gasteiger partial charge in [-0.2, -0.15) is 0 Å². The molecule has 5 aliphatic rings. The van der Waals surface area contributed by atoms with E-state index in [0.717, 1.165) is 0 Å². The predicted molar refractivity (Wildman–Crippen MR) is 144 cm³/mol. The molecular formula is C25H48N6O12. The average Bonchev–Trinajstić information content (AvgIpc) is 3.26. The SMILES string of the molecule is NC[C@@H]1O[C@H](O[C@H]2[C@@H](O)[C@H](O[C@@H]3[C@@H](O)[C@H](N)C[C@H](N)[C@H]3O[C@H]3O[C@H](C4(N)COC4)CC[C@H]3N)O[C@@H]2CO)[C@H](N)[C@@H](O)[C@@H]1O. The molecule has 17 N–H and O–H groups in total. The molecule has 0 bridgehead atoms. The van der Waals surface area contributed by atoms with Crippen molar-refractivity contribution in [1.82, 2.24) is 0 Å². The van der Waals surface area contributed by atoms with Gasteiger partial charge in [0, 0.05) is 18.6 Å². The fourth-order valence-electron chi connectivity index (χ4n) is 6.36. The van der Waals surface area contributed by atoms with Gasteiger partial charge >= 0.3 is 0 Å². The zero-order chi connectivity index (χ0) is 31.2. The van der Waals surface area contributed by atoms with Crippen molar-refractivity contribution in [3.05, 3.63) is 0 Å². The monoisotopic (exact) mass is 624 g/mol. The summed E-state index contributed by atoms with van der Waals surface area (Å²) in [6.45, 7) is -0.0488. The molecule has 1 saturated carbocycles. The van der Waals surface area contributed by atoms with Crippen LogP contribution in [0.25, 0.3) is 0 Å². The first kappa shape index (κ1) is 33.6. The second kappa shape index (κ2) is 13.6. The Balaban J connectivity index is 1.29. The molecule has 0 aromatic rings. The Morgan fingerprint density at radius 1 is 0.674 bits per heavy atom. The summed E-state index contributed by atoms with van der Waals surface area (Å²) < 4.78 is 41.0. The van der Waals surface area contributed by atoms with Crippen molar-refractivity contribution < 1.29 is 58.7 Å². The number of hydrogen-bond acceptors (Lipinski definition) is 18. The van der Waals surface area contributed by atoms with Crippen LogP contribution in [0.2, 0.25) is 0 Å². The molecule has 250 valence electrons. The summed E-state index contributed by atoms with van der Waals surface area (Å²) in [5.41, 5.74) is 36.3. The van der Waals surface area contributed by atoms with Crippen LogP contribution in [0, 0.1) is 0 Å². The van der Waals surface area contributed by atoms with E-state index < -0.39 is 110 Å². The van der Waals surface area contributed by atoms with Gasteiger partial charge in [-0.15, -0.1) is 0 Å². The highest BCUT2D eigenvalue weighted by atomic mass is 16.8. The quantitative estimate of drug-likeness (QED) is 0.113. The van der Waals surface area contributed by atoms with Crippen molar-refractivity contribution in [3.8, 4) is 0 Å². The standard InChI is InChI=1S/C25H48N6O12/c26-4-11-16(34)17(35)14(30)23(38-11)42-20-12(5-32)39-24(18(20)36)43-21-15(33)9(28)3-10(29)19(21)41-22-8(27)1-2-13(40-22)25(31)6-37-7-25/h8-24,32-36H,1-7,26-31H2/t8-,9-,10+,11+,12-,13+,14-,15+,16-,17-,18-,19-,20-,21-,22-,23-,24+/m1/s1. The molecule has 17 atom stereocenters. The summed E-state index contributed by atoms with van der Waals surface area (Å²) in [5, 5.41) is 52.7. The van der Waals surface area contributed by atoms with Crippen LogP contribution < -0.4 is 34.4 Å². The highest BCUT2D eigenvalue weighted by Gasteiger charge is 2.54. The molecule has 0 aromatic carbocycles. The molecule has 43 heavy (non-hydrogen) atoms. The van der Waals surface area contributed by atoms with Crippen LogP contribution in [-0.4, -0.2) is 162 Å². The second-order valence-electron chi connectivity index (χ2n) is 12.4. The Kier molecular flexibility index (Phi) is 10.6. The molecule has 18 nitrogen and oxygen atoms in total. The lowest BCUT2D eigenvalue weighted by atomic mass is 9.84. The van der Waals surface area contributed by atoms with Crippen molar-refractivity contribution >= 4 is 0 Å². The number of hydrogen-bond donors (Lipinski definition) is 11. The minimum Gasteiger partial charge on any atom is -0.394 e. The third-order valence-electron chi connectivity index (χ3n) is 9.18. The fraction of sp³-hybridized carbons (Fsp3) is 1.00. The highest BCUT2D eigenvalue weighted by molar-refractivity contribution is 5.03. The Morgan fingerprint density at radius 3 is 1.95 bits per heavy atom. The van der Waals surface area contributed by atoms with Gasteiger partial charge in [-0.3, -0.25) is 0 Å². The topological polar surface area (TPSA) is 322 Å². The van der Waals surface area contributed by atoms with Gasteiger partial charge in [-0.05, 0) is 19.3 Å². The minimum absolute atomic E-state index is 0.139. The number of rotatable bonds is 9. The van der Waals surface area contributed by atoms with Crippen LogP contribution in [0.15, 0.2) is 0 Å². The Hall–Kier alpha value is -0.720. The maximum atomic E-state index is 11.2. The van der Waals surface area contributed by atoms with Gasteiger partial charge in [-0.25, -0.2) is 0 Å². The van der Waals surface area contributed by atoms with E-state index in [1.165, 1.54) is 0 Å². The van der Waals surface area contributed by atoms with E-state index in [2.05, 4.69) is 0 Å². The van der Waals surface area contributed by atoms with Gasteiger partial charge < -0.3 is 93.1 Å². The average molecular weight is 625 g/mol. The summed E-state index contributed by atoms with van der Waals surface area (Å²) in [7, 11) is 0. The van der Waals surface area contributed by atoms with Gasteiger partial charge in [-0.1, -0.05) is 0 Å². The van der Waals surface area contributed by atoms with Crippen molar-refractivity contribution in [3.63, 3.8) is 0 Å². The number of aliphatic hydroxyl groups is 5. The van der Waals surface area contributed by atoms with Crippen molar-refractivity contribution in [1.29, 1.82) is 0 Å². The summed E-state index contributed by atoms with van der Waals surface area (Å²) in [4.78, 5) is 0. The third-order valence-corrected chi connectivity index (χ3v) is 9.18. The summed E-state index contributed by atoms with van der Waals surface area (Å²) in [6, 6.07) is -3.23. The molecule has 5 rings (SSSR count). The smallest absolute Gasteiger partial charge is 0.187 e. The van der Waals surface area contributed by atoms with Gasteiger partial charge in [0.1, 0.15) is 48.8 Å². The van der Waals surface area contributed by atoms with Gasteiger partial charge in [0.15, 0.2) is 18.9 Å². The van der Waals surface area contributed by atoms with E-state index in [1.807, 2.05) is 0 Å². The second-order valence-corrected chi connectivity index (χ2v) is 12.4. The molecule has 4 heterocycles. The van der Waals surface area contributed by atoms with E-state index in [4.69, 9.17) is 67.6 Å². The first-order chi connectivity index (χ1) is 20.4. The number of ether oxygens (including phenoxy) is 7. The van der Waals surface area contributed by atoms with Crippen LogP contribution in [0.1, 0.15) is 19.3 Å².